The largest absolute Gasteiger partial charge is 0.410 e. The Morgan fingerprint density at radius 2 is 1.59 bits per heavy atom. The molecule has 0 unspecified atom stereocenters. The van der Waals surface area contributed by atoms with E-state index in [0.29, 0.717) is 5.56 Å². The van der Waals surface area contributed by atoms with E-state index in [9.17, 15) is 4.79 Å². The van der Waals surface area contributed by atoms with Gasteiger partial charge in [0, 0.05) is 25.3 Å². The van der Waals surface area contributed by atoms with E-state index in [4.69, 9.17) is 5.21 Å². The molecule has 4 heteroatoms. The number of benzene rings is 2. The van der Waals surface area contributed by atoms with Gasteiger partial charge in [0.2, 0.25) is 5.78 Å². The Bertz CT molecular complexity index is 787. The van der Waals surface area contributed by atoms with Crippen molar-refractivity contribution in [2.24, 2.45) is 5.16 Å². The standard InChI is InChI=1S/C18H16N2O2/c1-20(2)13-9-7-12(8-10-13)16-11-17(19-22)18(21)15-6-4-3-5-14(15)16/h3-11,22H,1-2H3. The second-order valence-corrected chi connectivity index (χ2v) is 5.36. The molecule has 0 aromatic heterocycles. The second-order valence-electron chi connectivity index (χ2n) is 5.36. The monoisotopic (exact) mass is 292 g/mol. The molecule has 110 valence electrons. The lowest BCUT2D eigenvalue weighted by Gasteiger charge is -2.19. The number of rotatable bonds is 2. The highest BCUT2D eigenvalue weighted by molar-refractivity contribution is 6.53. The van der Waals surface area contributed by atoms with Gasteiger partial charge in [0.05, 0.1) is 0 Å². The van der Waals surface area contributed by atoms with E-state index >= 15 is 0 Å². The van der Waals surface area contributed by atoms with Crippen molar-refractivity contribution in [3.05, 3.63) is 71.3 Å². The smallest absolute Gasteiger partial charge is 0.215 e. The zero-order valence-corrected chi connectivity index (χ0v) is 12.4. The van der Waals surface area contributed by atoms with Gasteiger partial charge in [0.25, 0.3) is 0 Å². The summed E-state index contributed by atoms with van der Waals surface area (Å²) in [6.07, 6.45) is 1.63. The van der Waals surface area contributed by atoms with Crippen LogP contribution in [-0.2, 0) is 0 Å². The summed E-state index contributed by atoms with van der Waals surface area (Å²) in [4.78, 5) is 14.3. The predicted octanol–water partition coefficient (Wildman–Crippen LogP) is 3.21. The first-order valence-corrected chi connectivity index (χ1v) is 6.97. The number of hydrogen-bond acceptors (Lipinski definition) is 4. The molecule has 1 N–H and O–H groups in total. The maximum atomic E-state index is 12.2. The summed E-state index contributed by atoms with van der Waals surface area (Å²) in [5, 5.41) is 12.2. The Balaban J connectivity index is 2.14. The van der Waals surface area contributed by atoms with E-state index in [1.165, 1.54) is 0 Å². The fourth-order valence-corrected chi connectivity index (χ4v) is 2.59. The highest BCUT2D eigenvalue weighted by Gasteiger charge is 2.25. The lowest BCUT2D eigenvalue weighted by Crippen LogP contribution is -2.19. The maximum absolute atomic E-state index is 12.2. The van der Waals surface area contributed by atoms with E-state index < -0.39 is 0 Å². The molecule has 2 aromatic carbocycles. The SMILES string of the molecule is CN(C)c1ccc(C2=CC(=NO)C(=O)c3ccccc32)cc1. The number of nitrogens with zero attached hydrogens (tertiary/aromatic N) is 2. The van der Waals surface area contributed by atoms with Crippen LogP contribution >= 0.6 is 0 Å². The van der Waals surface area contributed by atoms with Gasteiger partial charge in [-0.3, -0.25) is 4.79 Å². The van der Waals surface area contributed by atoms with Crippen molar-refractivity contribution in [1.29, 1.82) is 0 Å². The van der Waals surface area contributed by atoms with Crippen LogP contribution in [0.5, 0.6) is 0 Å². The number of allylic oxidation sites excluding steroid dienone is 1. The van der Waals surface area contributed by atoms with Crippen LogP contribution in [-0.4, -0.2) is 30.8 Å². The van der Waals surface area contributed by atoms with Gasteiger partial charge in [-0.05, 0) is 34.9 Å². The fraction of sp³-hybridized carbons (Fsp3) is 0.111. The van der Waals surface area contributed by atoms with Gasteiger partial charge < -0.3 is 10.1 Å². The zero-order chi connectivity index (χ0) is 15.7. The number of Topliss-reactive ketones (excluding diaryl/α,β-unsaturated/α-hetero) is 1. The molecule has 0 fully saturated rings. The molecule has 0 aliphatic heterocycles. The number of carbonyl (C=O) groups excluding carboxylic acids is 1. The maximum Gasteiger partial charge on any atom is 0.215 e. The highest BCUT2D eigenvalue weighted by atomic mass is 16.4. The summed E-state index contributed by atoms with van der Waals surface area (Å²) in [6, 6.07) is 15.4. The number of carbonyl (C=O) groups is 1. The molecule has 2 aromatic rings. The summed E-state index contributed by atoms with van der Waals surface area (Å²) in [7, 11) is 3.97. The molecule has 0 heterocycles. The number of ketones is 1. The summed E-state index contributed by atoms with van der Waals surface area (Å²) >= 11 is 0. The van der Waals surface area contributed by atoms with E-state index in [1.54, 1.807) is 12.1 Å². The topological polar surface area (TPSA) is 52.9 Å². The third-order valence-electron chi connectivity index (χ3n) is 3.78. The summed E-state index contributed by atoms with van der Waals surface area (Å²) in [5.41, 5.74) is 4.44. The Kier molecular flexibility index (Phi) is 3.51. The summed E-state index contributed by atoms with van der Waals surface area (Å²) in [6.45, 7) is 0. The van der Waals surface area contributed by atoms with Crippen LogP contribution in [0.2, 0.25) is 0 Å². The molecule has 4 nitrogen and oxygen atoms in total. The molecule has 0 bridgehead atoms. The van der Waals surface area contributed by atoms with Crippen molar-refractivity contribution in [2.45, 2.75) is 0 Å². The first-order valence-electron chi connectivity index (χ1n) is 6.97. The van der Waals surface area contributed by atoms with Gasteiger partial charge in [0.15, 0.2) is 5.71 Å². The molecule has 0 amide bonds. The average Bonchev–Trinajstić information content (AvgIpc) is 2.55. The predicted molar refractivity (Wildman–Crippen MR) is 87.8 cm³/mol. The minimum atomic E-state index is -0.258. The van der Waals surface area contributed by atoms with Crippen LogP contribution in [0.25, 0.3) is 5.57 Å². The summed E-state index contributed by atoms with van der Waals surface area (Å²) in [5.74, 6) is -0.258. The Hall–Kier alpha value is -2.88. The van der Waals surface area contributed by atoms with Crippen molar-refractivity contribution in [1.82, 2.24) is 0 Å². The van der Waals surface area contributed by atoms with Gasteiger partial charge in [0.1, 0.15) is 0 Å². The van der Waals surface area contributed by atoms with E-state index in [1.807, 2.05) is 61.5 Å². The average molecular weight is 292 g/mol. The van der Waals surface area contributed by atoms with E-state index in [2.05, 4.69) is 5.16 Å². The molecular formula is C18H16N2O2. The molecule has 3 rings (SSSR count). The number of anilines is 1. The Morgan fingerprint density at radius 3 is 2.18 bits per heavy atom. The normalized spacial score (nSPS) is 15.5. The molecule has 1 aliphatic rings. The molecule has 0 saturated heterocycles. The van der Waals surface area contributed by atoms with Crippen molar-refractivity contribution in [2.75, 3.05) is 19.0 Å². The van der Waals surface area contributed by atoms with Crippen LogP contribution in [0.1, 0.15) is 21.5 Å². The summed E-state index contributed by atoms with van der Waals surface area (Å²) < 4.78 is 0. The minimum Gasteiger partial charge on any atom is -0.410 e. The third-order valence-corrected chi connectivity index (χ3v) is 3.78. The van der Waals surface area contributed by atoms with Gasteiger partial charge in [-0.15, -0.1) is 0 Å². The number of fused-ring (bicyclic) bond motifs is 1. The van der Waals surface area contributed by atoms with Gasteiger partial charge >= 0.3 is 0 Å². The van der Waals surface area contributed by atoms with Crippen molar-refractivity contribution in [3.63, 3.8) is 0 Å². The highest BCUT2D eigenvalue weighted by Crippen LogP contribution is 2.31. The molecule has 0 radical (unpaired) electrons. The van der Waals surface area contributed by atoms with Gasteiger partial charge in [-0.2, -0.15) is 0 Å². The van der Waals surface area contributed by atoms with Crippen molar-refractivity contribution >= 4 is 22.8 Å². The van der Waals surface area contributed by atoms with Crippen LogP contribution < -0.4 is 4.90 Å². The molecule has 0 saturated carbocycles. The zero-order valence-electron chi connectivity index (χ0n) is 12.4. The van der Waals surface area contributed by atoms with Crippen molar-refractivity contribution in [3.8, 4) is 0 Å². The fourth-order valence-electron chi connectivity index (χ4n) is 2.59. The van der Waals surface area contributed by atoms with Crippen LogP contribution in [0, 0.1) is 0 Å². The lowest BCUT2D eigenvalue weighted by atomic mass is 9.85. The number of oxime groups is 1. The van der Waals surface area contributed by atoms with Crippen LogP contribution in [0.15, 0.2) is 59.8 Å². The first-order chi connectivity index (χ1) is 10.6. The molecular weight excluding hydrogens is 276 g/mol. The Labute approximate surface area is 129 Å². The molecule has 0 spiro atoms. The van der Waals surface area contributed by atoms with Crippen LogP contribution in [0.3, 0.4) is 0 Å². The van der Waals surface area contributed by atoms with Gasteiger partial charge in [-0.1, -0.05) is 41.6 Å². The molecule has 1 aliphatic carbocycles. The second kappa shape index (κ2) is 5.48. The van der Waals surface area contributed by atoms with Crippen LogP contribution in [0.4, 0.5) is 5.69 Å². The molecule has 22 heavy (non-hydrogen) atoms. The van der Waals surface area contributed by atoms with Gasteiger partial charge in [-0.25, -0.2) is 0 Å². The third kappa shape index (κ3) is 2.29. The Morgan fingerprint density at radius 1 is 0.955 bits per heavy atom. The first kappa shape index (κ1) is 14.1. The van der Waals surface area contributed by atoms with E-state index in [0.717, 1.165) is 22.4 Å². The lowest BCUT2D eigenvalue weighted by molar-refractivity contribution is 0.106. The van der Waals surface area contributed by atoms with Crippen molar-refractivity contribution < 1.29 is 10.0 Å². The molecule has 0 atom stereocenters. The van der Waals surface area contributed by atoms with E-state index in [-0.39, 0.29) is 11.5 Å². The minimum absolute atomic E-state index is 0.0605. The number of hydrogen-bond donors (Lipinski definition) is 1. The quantitative estimate of drug-likeness (QED) is 0.683.